The van der Waals surface area contributed by atoms with Crippen LogP contribution in [0.4, 0.5) is 0 Å². The number of benzene rings is 2. The van der Waals surface area contributed by atoms with E-state index in [2.05, 4.69) is 42.0 Å². The Kier molecular flexibility index (Phi) is 10.3. The Morgan fingerprint density at radius 2 is 1.79 bits per heavy atom. The number of hydrogen-bond acceptors (Lipinski definition) is 3. The molecule has 0 spiro atoms. The molecule has 0 unspecified atom stereocenters. The SMILES string of the molecule is CC[C@@H](C(=O)NC(C)C)N(Cc1ccc(Cl)cc1Cl)C(=O)COc1ccc(C(C)(C)C)cc1Br. The monoisotopic (exact) mass is 570 g/mol. The maximum absolute atomic E-state index is 13.4. The van der Waals surface area contributed by atoms with Gasteiger partial charge in [0.25, 0.3) is 5.91 Å². The van der Waals surface area contributed by atoms with E-state index in [9.17, 15) is 9.59 Å². The normalized spacial score (nSPS) is 12.4. The van der Waals surface area contributed by atoms with Crippen LogP contribution < -0.4 is 10.1 Å². The molecule has 2 amide bonds. The Morgan fingerprint density at radius 3 is 2.32 bits per heavy atom. The Balaban J connectivity index is 2.28. The van der Waals surface area contributed by atoms with E-state index in [0.29, 0.717) is 27.8 Å². The van der Waals surface area contributed by atoms with Crippen LogP contribution in [0.1, 0.15) is 59.1 Å². The van der Waals surface area contributed by atoms with Crippen LogP contribution in [0.2, 0.25) is 10.0 Å². The van der Waals surface area contributed by atoms with Gasteiger partial charge in [-0.2, -0.15) is 0 Å². The summed E-state index contributed by atoms with van der Waals surface area (Å²) in [6, 6.07) is 10.2. The molecule has 186 valence electrons. The zero-order chi connectivity index (χ0) is 25.6. The van der Waals surface area contributed by atoms with Gasteiger partial charge in [-0.3, -0.25) is 9.59 Å². The van der Waals surface area contributed by atoms with Crippen LogP contribution in [0.3, 0.4) is 0 Å². The molecule has 8 heteroatoms. The van der Waals surface area contributed by atoms with Crippen molar-refractivity contribution in [3.63, 3.8) is 0 Å². The molecule has 0 aromatic heterocycles. The fraction of sp³-hybridized carbons (Fsp3) is 0.462. The summed E-state index contributed by atoms with van der Waals surface area (Å²) in [6.07, 6.45) is 0.444. The largest absolute Gasteiger partial charge is 0.483 e. The number of carbonyl (C=O) groups is 2. The highest BCUT2D eigenvalue weighted by molar-refractivity contribution is 9.10. The van der Waals surface area contributed by atoms with Crippen LogP contribution in [0.15, 0.2) is 40.9 Å². The molecule has 0 fully saturated rings. The summed E-state index contributed by atoms with van der Waals surface area (Å²) in [5.41, 5.74) is 1.84. The van der Waals surface area contributed by atoms with Crippen LogP contribution in [0.5, 0.6) is 5.75 Å². The number of ether oxygens (including phenoxy) is 1. The predicted octanol–water partition coefficient (Wildman–Crippen LogP) is 6.76. The van der Waals surface area contributed by atoms with Gasteiger partial charge < -0.3 is 15.0 Å². The van der Waals surface area contributed by atoms with Crippen molar-refractivity contribution in [3.8, 4) is 5.75 Å². The molecule has 0 saturated heterocycles. The van der Waals surface area contributed by atoms with Crippen LogP contribution in [-0.4, -0.2) is 35.4 Å². The summed E-state index contributed by atoms with van der Waals surface area (Å²) in [5, 5.41) is 3.85. The van der Waals surface area contributed by atoms with Gasteiger partial charge in [0.1, 0.15) is 11.8 Å². The predicted molar refractivity (Wildman–Crippen MR) is 143 cm³/mol. The van der Waals surface area contributed by atoms with Gasteiger partial charge in [0.15, 0.2) is 6.61 Å². The lowest BCUT2D eigenvalue weighted by atomic mass is 9.87. The molecule has 1 N–H and O–H groups in total. The Bertz CT molecular complexity index is 1020. The van der Waals surface area contributed by atoms with E-state index >= 15 is 0 Å². The summed E-state index contributed by atoms with van der Waals surface area (Å²) < 4.78 is 6.63. The molecule has 1 atom stereocenters. The molecular weight excluding hydrogens is 539 g/mol. The van der Waals surface area contributed by atoms with Crippen molar-refractivity contribution in [1.82, 2.24) is 10.2 Å². The maximum atomic E-state index is 13.4. The highest BCUT2D eigenvalue weighted by Crippen LogP contribution is 2.31. The summed E-state index contributed by atoms with van der Waals surface area (Å²) in [4.78, 5) is 27.8. The molecule has 5 nitrogen and oxygen atoms in total. The highest BCUT2D eigenvalue weighted by Gasteiger charge is 2.30. The van der Waals surface area contributed by atoms with E-state index < -0.39 is 6.04 Å². The first-order valence-electron chi connectivity index (χ1n) is 11.3. The zero-order valence-corrected chi connectivity index (χ0v) is 23.6. The van der Waals surface area contributed by atoms with E-state index in [1.54, 1.807) is 18.2 Å². The summed E-state index contributed by atoms with van der Waals surface area (Å²) >= 11 is 16.0. The number of nitrogens with one attached hydrogen (secondary N) is 1. The second kappa shape index (κ2) is 12.3. The first kappa shape index (κ1) is 28.5. The lowest BCUT2D eigenvalue weighted by Crippen LogP contribution is -2.51. The number of nitrogens with zero attached hydrogens (tertiary/aromatic N) is 1. The second-order valence-electron chi connectivity index (χ2n) is 9.53. The molecule has 0 aliphatic heterocycles. The Morgan fingerprint density at radius 1 is 1.12 bits per heavy atom. The fourth-order valence-electron chi connectivity index (χ4n) is 3.44. The van der Waals surface area contributed by atoms with Gasteiger partial charge in [0.2, 0.25) is 5.91 Å². The molecule has 0 radical (unpaired) electrons. The standard InChI is InChI=1S/C26H33BrCl2N2O3/c1-7-22(25(33)30-16(2)3)31(14-17-8-10-19(28)13-21(17)29)24(32)15-34-23-11-9-18(12-20(23)27)26(4,5)6/h8-13,16,22H,7,14-15H2,1-6H3,(H,30,33)/t22-/m0/s1. The van der Waals surface area contributed by atoms with Gasteiger partial charge in [0.05, 0.1) is 4.47 Å². The summed E-state index contributed by atoms with van der Waals surface area (Å²) in [5.74, 6) is 0.0284. The zero-order valence-electron chi connectivity index (χ0n) is 20.5. The van der Waals surface area contributed by atoms with E-state index in [4.69, 9.17) is 27.9 Å². The number of halogens is 3. The first-order valence-corrected chi connectivity index (χ1v) is 12.8. The van der Waals surface area contributed by atoms with E-state index in [1.807, 2.05) is 39.0 Å². The van der Waals surface area contributed by atoms with Crippen molar-refractivity contribution in [1.29, 1.82) is 0 Å². The molecule has 34 heavy (non-hydrogen) atoms. The van der Waals surface area contributed by atoms with Crippen LogP contribution in [-0.2, 0) is 21.5 Å². The number of rotatable bonds is 9. The lowest BCUT2D eigenvalue weighted by Gasteiger charge is -2.31. The topological polar surface area (TPSA) is 58.6 Å². The molecule has 2 rings (SSSR count). The van der Waals surface area contributed by atoms with Gasteiger partial charge in [-0.15, -0.1) is 0 Å². The molecule has 0 heterocycles. The van der Waals surface area contributed by atoms with Gasteiger partial charge >= 0.3 is 0 Å². The highest BCUT2D eigenvalue weighted by atomic mass is 79.9. The average molecular weight is 572 g/mol. The number of hydrogen-bond donors (Lipinski definition) is 1. The molecule has 0 saturated carbocycles. The van der Waals surface area contributed by atoms with E-state index in [1.165, 1.54) is 4.90 Å². The molecule has 2 aromatic rings. The van der Waals surface area contributed by atoms with Crippen LogP contribution in [0.25, 0.3) is 0 Å². The van der Waals surface area contributed by atoms with Crippen LogP contribution in [0, 0.1) is 0 Å². The van der Waals surface area contributed by atoms with E-state index in [-0.39, 0.29) is 36.4 Å². The average Bonchev–Trinajstić information content (AvgIpc) is 2.72. The quantitative estimate of drug-likeness (QED) is 0.361. The molecular formula is C26H33BrCl2N2O3. The molecule has 2 aromatic carbocycles. The van der Waals surface area contributed by atoms with Crippen molar-refractivity contribution in [2.75, 3.05) is 6.61 Å². The third kappa shape index (κ3) is 7.89. The van der Waals surface area contributed by atoms with Gasteiger partial charge in [-0.1, -0.05) is 63.0 Å². The first-order chi connectivity index (χ1) is 15.8. The van der Waals surface area contributed by atoms with Gasteiger partial charge in [0, 0.05) is 22.6 Å². The summed E-state index contributed by atoms with van der Waals surface area (Å²) in [6.45, 7) is 12.0. The van der Waals surface area contributed by atoms with Crippen molar-refractivity contribution in [2.24, 2.45) is 0 Å². The fourth-order valence-corrected chi connectivity index (χ4v) is 4.40. The van der Waals surface area contributed by atoms with E-state index in [0.717, 1.165) is 10.0 Å². The molecule has 0 bridgehead atoms. The Labute approximate surface area is 221 Å². The minimum Gasteiger partial charge on any atom is -0.483 e. The van der Waals surface area contributed by atoms with Crippen molar-refractivity contribution in [2.45, 2.75) is 72.0 Å². The molecule has 0 aliphatic carbocycles. The molecule has 0 aliphatic rings. The minimum absolute atomic E-state index is 0.0103. The summed E-state index contributed by atoms with van der Waals surface area (Å²) in [7, 11) is 0. The maximum Gasteiger partial charge on any atom is 0.261 e. The number of amides is 2. The van der Waals surface area contributed by atoms with Gasteiger partial charge in [-0.05, 0) is 77.0 Å². The van der Waals surface area contributed by atoms with Crippen molar-refractivity contribution in [3.05, 3.63) is 62.0 Å². The number of carbonyl (C=O) groups excluding carboxylic acids is 2. The van der Waals surface area contributed by atoms with Gasteiger partial charge in [-0.25, -0.2) is 0 Å². The second-order valence-corrected chi connectivity index (χ2v) is 11.2. The lowest BCUT2D eigenvalue weighted by molar-refractivity contribution is -0.143. The van der Waals surface area contributed by atoms with Crippen molar-refractivity contribution < 1.29 is 14.3 Å². The van der Waals surface area contributed by atoms with Crippen LogP contribution >= 0.6 is 39.1 Å². The minimum atomic E-state index is -0.669. The third-order valence-electron chi connectivity index (χ3n) is 5.32. The Hall–Kier alpha value is -1.76. The third-order valence-corrected chi connectivity index (χ3v) is 6.53. The van der Waals surface area contributed by atoms with Crippen molar-refractivity contribution >= 4 is 50.9 Å². The smallest absolute Gasteiger partial charge is 0.261 e.